The summed E-state index contributed by atoms with van der Waals surface area (Å²) < 4.78 is 49.8. The number of rotatable bonds is 8. The molecule has 0 amide bonds. The minimum absolute atomic E-state index is 0.0462. The largest absolute Gasteiger partial charge is 0.392 e. The minimum atomic E-state index is -4.02. The molecule has 0 spiro atoms. The highest BCUT2D eigenvalue weighted by molar-refractivity contribution is 7.89. The highest BCUT2D eigenvalue weighted by Gasteiger charge is 2.21. The number of methoxy groups -OCH3 is 2. The maximum Gasteiger partial charge on any atom is 0.243 e. The molecule has 114 valence electrons. The van der Waals surface area contributed by atoms with Crippen LogP contribution in [0.2, 0.25) is 0 Å². The molecule has 0 heterocycles. The van der Waals surface area contributed by atoms with Crippen LogP contribution in [0.15, 0.2) is 23.1 Å². The van der Waals surface area contributed by atoms with Crippen molar-refractivity contribution in [2.24, 2.45) is 0 Å². The first kappa shape index (κ1) is 17.0. The molecule has 1 aromatic carbocycles. The number of hydrogen-bond acceptors (Lipinski definition) is 5. The summed E-state index contributed by atoms with van der Waals surface area (Å²) in [5, 5.41) is 8.97. The van der Waals surface area contributed by atoms with Gasteiger partial charge in [-0.05, 0) is 17.7 Å². The highest BCUT2D eigenvalue weighted by atomic mass is 32.2. The fourth-order valence-electron chi connectivity index (χ4n) is 1.53. The molecule has 8 heteroatoms. The van der Waals surface area contributed by atoms with Crippen molar-refractivity contribution in [1.82, 2.24) is 4.72 Å². The first-order chi connectivity index (χ1) is 9.44. The van der Waals surface area contributed by atoms with E-state index in [2.05, 4.69) is 4.72 Å². The van der Waals surface area contributed by atoms with Crippen molar-refractivity contribution in [1.29, 1.82) is 0 Å². The van der Waals surface area contributed by atoms with Crippen LogP contribution in [0.25, 0.3) is 0 Å². The van der Waals surface area contributed by atoms with E-state index >= 15 is 0 Å². The van der Waals surface area contributed by atoms with Crippen molar-refractivity contribution in [3.8, 4) is 0 Å². The van der Waals surface area contributed by atoms with Gasteiger partial charge in [-0.15, -0.1) is 0 Å². The molecule has 0 saturated heterocycles. The van der Waals surface area contributed by atoms with E-state index in [1.54, 1.807) is 0 Å². The molecule has 0 saturated carbocycles. The number of hydrogen-bond donors (Lipinski definition) is 2. The number of nitrogens with one attached hydrogen (secondary N) is 1. The number of ether oxygens (including phenoxy) is 2. The monoisotopic (exact) mass is 307 g/mol. The predicted molar refractivity (Wildman–Crippen MR) is 70.2 cm³/mol. The molecule has 1 atom stereocenters. The number of halogens is 1. The van der Waals surface area contributed by atoms with Crippen LogP contribution in [-0.2, 0) is 26.1 Å². The summed E-state index contributed by atoms with van der Waals surface area (Å²) >= 11 is 0. The molecule has 0 aliphatic rings. The first-order valence-corrected chi connectivity index (χ1v) is 7.33. The molecule has 6 nitrogen and oxygen atoms in total. The Hall–Kier alpha value is -1.06. The van der Waals surface area contributed by atoms with Crippen molar-refractivity contribution < 1.29 is 27.4 Å². The fourth-order valence-corrected chi connectivity index (χ4v) is 2.72. The van der Waals surface area contributed by atoms with Gasteiger partial charge < -0.3 is 14.6 Å². The van der Waals surface area contributed by atoms with Crippen LogP contribution < -0.4 is 4.72 Å². The molecular formula is C12H18FNO5S. The van der Waals surface area contributed by atoms with E-state index < -0.39 is 26.8 Å². The van der Waals surface area contributed by atoms with E-state index in [1.165, 1.54) is 20.3 Å². The zero-order valence-electron chi connectivity index (χ0n) is 11.3. The van der Waals surface area contributed by atoms with Gasteiger partial charge >= 0.3 is 0 Å². The Balaban J connectivity index is 2.88. The Morgan fingerprint density at radius 2 is 2.10 bits per heavy atom. The normalized spacial score (nSPS) is 13.4. The fraction of sp³-hybridized carbons (Fsp3) is 0.500. The van der Waals surface area contributed by atoms with Crippen LogP contribution in [0.1, 0.15) is 5.56 Å². The van der Waals surface area contributed by atoms with Gasteiger partial charge in [0.1, 0.15) is 10.7 Å². The van der Waals surface area contributed by atoms with Crippen molar-refractivity contribution >= 4 is 10.0 Å². The van der Waals surface area contributed by atoms with E-state index in [0.717, 1.165) is 12.1 Å². The van der Waals surface area contributed by atoms with Crippen molar-refractivity contribution in [2.75, 3.05) is 27.4 Å². The van der Waals surface area contributed by atoms with Gasteiger partial charge in [-0.25, -0.2) is 17.5 Å². The Kier molecular flexibility index (Phi) is 6.50. The van der Waals surface area contributed by atoms with Gasteiger partial charge in [0.05, 0.1) is 19.3 Å². The topological polar surface area (TPSA) is 84.9 Å². The molecule has 20 heavy (non-hydrogen) atoms. The van der Waals surface area contributed by atoms with Crippen molar-refractivity contribution in [3.63, 3.8) is 0 Å². The van der Waals surface area contributed by atoms with E-state index in [4.69, 9.17) is 14.6 Å². The van der Waals surface area contributed by atoms with Gasteiger partial charge in [0, 0.05) is 20.8 Å². The molecule has 1 rings (SSSR count). The van der Waals surface area contributed by atoms with E-state index in [1.807, 2.05) is 0 Å². The zero-order valence-corrected chi connectivity index (χ0v) is 12.1. The molecule has 2 N–H and O–H groups in total. The molecule has 0 fully saturated rings. The van der Waals surface area contributed by atoms with Crippen LogP contribution in [0.3, 0.4) is 0 Å². The molecule has 0 bridgehead atoms. The van der Waals surface area contributed by atoms with Crippen molar-refractivity contribution in [3.05, 3.63) is 29.6 Å². The Morgan fingerprint density at radius 3 is 2.65 bits per heavy atom. The van der Waals surface area contributed by atoms with Crippen LogP contribution in [-0.4, -0.2) is 47.0 Å². The van der Waals surface area contributed by atoms with Gasteiger partial charge in [-0.3, -0.25) is 0 Å². The average Bonchev–Trinajstić information content (AvgIpc) is 2.43. The zero-order chi connectivity index (χ0) is 15.2. The lowest BCUT2D eigenvalue weighted by atomic mass is 10.2. The van der Waals surface area contributed by atoms with Crippen LogP contribution in [0.5, 0.6) is 0 Å². The summed E-state index contributed by atoms with van der Waals surface area (Å²) in [4.78, 5) is -0.503. The van der Waals surface area contributed by atoms with Crippen LogP contribution >= 0.6 is 0 Å². The summed E-state index contributed by atoms with van der Waals surface area (Å²) in [6.07, 6.45) is -0.473. The predicted octanol–water partition coefficient (Wildman–Crippen LogP) is 0.258. The lowest BCUT2D eigenvalue weighted by molar-refractivity contribution is 0.0320. The second-order valence-electron chi connectivity index (χ2n) is 4.09. The average molecular weight is 307 g/mol. The quantitative estimate of drug-likeness (QED) is 0.719. The second kappa shape index (κ2) is 7.65. The second-order valence-corrected chi connectivity index (χ2v) is 5.82. The summed E-state index contributed by atoms with van der Waals surface area (Å²) in [5.41, 5.74) is 0.312. The van der Waals surface area contributed by atoms with Gasteiger partial charge in [0.15, 0.2) is 0 Å². The molecular weight excluding hydrogens is 289 g/mol. The minimum Gasteiger partial charge on any atom is -0.392 e. The van der Waals surface area contributed by atoms with Gasteiger partial charge in [-0.1, -0.05) is 6.07 Å². The standard InChI is InChI=1S/C12H18FNO5S/c1-18-8-10(19-2)6-14-20(16,17)12-5-9(7-15)3-4-11(12)13/h3-5,10,14-15H,6-8H2,1-2H3. The lowest BCUT2D eigenvalue weighted by Gasteiger charge is -2.15. The molecule has 0 aliphatic heterocycles. The van der Waals surface area contributed by atoms with E-state index in [9.17, 15) is 12.8 Å². The van der Waals surface area contributed by atoms with Crippen molar-refractivity contribution in [2.45, 2.75) is 17.6 Å². The van der Waals surface area contributed by atoms with E-state index in [0.29, 0.717) is 5.56 Å². The first-order valence-electron chi connectivity index (χ1n) is 5.85. The molecule has 1 aromatic rings. The summed E-state index contributed by atoms with van der Waals surface area (Å²) in [6.45, 7) is -0.208. The smallest absolute Gasteiger partial charge is 0.243 e. The maximum atomic E-state index is 13.6. The summed E-state index contributed by atoms with van der Waals surface area (Å²) in [6, 6.07) is 3.41. The Labute approximate surface area is 117 Å². The SMILES string of the molecule is COCC(CNS(=O)(=O)c1cc(CO)ccc1F)OC. The molecule has 1 unspecified atom stereocenters. The molecule has 0 radical (unpaired) electrons. The lowest BCUT2D eigenvalue weighted by Crippen LogP contribution is -2.36. The van der Waals surface area contributed by atoms with Crippen LogP contribution in [0.4, 0.5) is 4.39 Å². The van der Waals surface area contributed by atoms with E-state index in [-0.39, 0.29) is 19.8 Å². The molecule has 0 aliphatic carbocycles. The van der Waals surface area contributed by atoms with Gasteiger partial charge in [0.25, 0.3) is 0 Å². The Bertz CT molecular complexity index is 535. The number of benzene rings is 1. The third-order valence-corrected chi connectivity index (χ3v) is 4.09. The van der Waals surface area contributed by atoms with Crippen LogP contribution in [0, 0.1) is 5.82 Å². The number of aliphatic hydroxyl groups excluding tert-OH is 1. The third-order valence-electron chi connectivity index (χ3n) is 2.65. The summed E-state index contributed by atoms with van der Waals surface area (Å²) in [5.74, 6) is -0.879. The highest BCUT2D eigenvalue weighted by Crippen LogP contribution is 2.16. The molecule has 0 aromatic heterocycles. The Morgan fingerprint density at radius 1 is 1.40 bits per heavy atom. The maximum absolute atomic E-state index is 13.6. The van der Waals surface area contributed by atoms with Gasteiger partial charge in [-0.2, -0.15) is 0 Å². The summed E-state index contributed by atoms with van der Waals surface area (Å²) in [7, 11) is -1.13. The third kappa shape index (κ3) is 4.50. The number of sulfonamides is 1. The van der Waals surface area contributed by atoms with Gasteiger partial charge in [0.2, 0.25) is 10.0 Å². The number of aliphatic hydroxyl groups is 1.